The summed E-state index contributed by atoms with van der Waals surface area (Å²) in [6.45, 7) is 6.01. The van der Waals surface area contributed by atoms with Crippen LogP contribution in [0.4, 0.5) is 0 Å². The number of hydrogen-bond acceptors (Lipinski definition) is 5. The van der Waals surface area contributed by atoms with Gasteiger partial charge in [-0.15, -0.1) is 0 Å². The van der Waals surface area contributed by atoms with E-state index in [0.29, 0.717) is 13.2 Å². The van der Waals surface area contributed by atoms with Crippen LogP contribution < -0.4 is 24.3 Å². The van der Waals surface area contributed by atoms with Gasteiger partial charge in [0.1, 0.15) is 29.6 Å². The zero-order chi connectivity index (χ0) is 18.1. The van der Waals surface area contributed by atoms with Crippen LogP contribution in [-0.2, 0) is 0 Å². The van der Waals surface area contributed by atoms with E-state index in [1.165, 1.54) is 0 Å². The van der Waals surface area contributed by atoms with E-state index in [-0.39, 0.29) is 6.04 Å². The lowest BCUT2D eigenvalue weighted by atomic mass is 10.1. The van der Waals surface area contributed by atoms with Gasteiger partial charge in [-0.05, 0) is 56.3 Å². The van der Waals surface area contributed by atoms with Gasteiger partial charge in [0.15, 0.2) is 0 Å². The van der Waals surface area contributed by atoms with Gasteiger partial charge in [-0.2, -0.15) is 0 Å². The Hall–Kier alpha value is -2.40. The van der Waals surface area contributed by atoms with Crippen molar-refractivity contribution < 1.29 is 18.9 Å². The molecule has 0 aliphatic rings. The highest BCUT2D eigenvalue weighted by atomic mass is 16.5. The molecule has 0 fully saturated rings. The maximum Gasteiger partial charge on any atom is 0.123 e. The molecule has 0 spiro atoms. The number of ether oxygens (including phenoxy) is 4. The molecule has 0 heterocycles. The highest BCUT2D eigenvalue weighted by Crippen LogP contribution is 2.29. The molecule has 0 aliphatic carbocycles. The maximum absolute atomic E-state index is 5.75. The quantitative estimate of drug-likeness (QED) is 0.663. The highest BCUT2D eigenvalue weighted by molar-refractivity contribution is 5.42. The van der Waals surface area contributed by atoms with Crippen LogP contribution in [0.1, 0.15) is 25.5 Å². The molecule has 1 unspecified atom stereocenters. The summed E-state index contributed by atoms with van der Waals surface area (Å²) in [6, 6.07) is 13.6. The third-order valence-electron chi connectivity index (χ3n) is 3.86. The Morgan fingerprint density at radius 2 is 1.52 bits per heavy atom. The Morgan fingerprint density at radius 3 is 2.12 bits per heavy atom. The highest BCUT2D eigenvalue weighted by Gasteiger charge is 2.12. The minimum absolute atomic E-state index is 0.119. The van der Waals surface area contributed by atoms with Crippen LogP contribution in [0.3, 0.4) is 0 Å². The fourth-order valence-electron chi connectivity index (χ4n) is 2.53. The zero-order valence-corrected chi connectivity index (χ0v) is 15.4. The Morgan fingerprint density at radius 1 is 0.880 bits per heavy atom. The standard InChI is InChI=1S/C20H27NO4/c1-5-24-16-6-8-17(9-7-16)25-13-12-21-15(2)19-14-18(22-3)10-11-20(19)23-4/h6-11,14-15,21H,5,12-13H2,1-4H3. The minimum Gasteiger partial charge on any atom is -0.497 e. The molecule has 5 heteroatoms. The minimum atomic E-state index is 0.119. The summed E-state index contributed by atoms with van der Waals surface area (Å²) >= 11 is 0. The van der Waals surface area contributed by atoms with Gasteiger partial charge in [0, 0.05) is 18.2 Å². The fourth-order valence-corrected chi connectivity index (χ4v) is 2.53. The van der Waals surface area contributed by atoms with Crippen LogP contribution in [-0.4, -0.2) is 34.0 Å². The van der Waals surface area contributed by atoms with E-state index in [2.05, 4.69) is 12.2 Å². The molecule has 136 valence electrons. The molecule has 0 aliphatic heterocycles. The van der Waals surface area contributed by atoms with Crippen LogP contribution >= 0.6 is 0 Å². The predicted molar refractivity (Wildman–Crippen MR) is 99.1 cm³/mol. The first-order chi connectivity index (χ1) is 12.2. The molecule has 25 heavy (non-hydrogen) atoms. The molecule has 0 bridgehead atoms. The van der Waals surface area contributed by atoms with Crippen LogP contribution in [0.25, 0.3) is 0 Å². The number of rotatable bonds is 10. The normalized spacial score (nSPS) is 11.7. The summed E-state index contributed by atoms with van der Waals surface area (Å²) in [4.78, 5) is 0. The smallest absolute Gasteiger partial charge is 0.123 e. The Bertz CT molecular complexity index is 643. The SMILES string of the molecule is CCOc1ccc(OCCNC(C)c2cc(OC)ccc2OC)cc1. The van der Waals surface area contributed by atoms with Gasteiger partial charge in [-0.25, -0.2) is 0 Å². The van der Waals surface area contributed by atoms with E-state index in [9.17, 15) is 0 Å². The van der Waals surface area contributed by atoms with Gasteiger partial charge in [0.25, 0.3) is 0 Å². The van der Waals surface area contributed by atoms with Gasteiger partial charge in [-0.3, -0.25) is 0 Å². The third kappa shape index (κ3) is 5.57. The Kier molecular flexibility index (Phi) is 7.41. The number of benzene rings is 2. The van der Waals surface area contributed by atoms with Crippen molar-refractivity contribution in [3.05, 3.63) is 48.0 Å². The van der Waals surface area contributed by atoms with Crippen molar-refractivity contribution in [3.8, 4) is 23.0 Å². The lowest BCUT2D eigenvalue weighted by Crippen LogP contribution is -2.24. The molecule has 0 amide bonds. The average Bonchev–Trinajstić information content (AvgIpc) is 2.66. The summed E-state index contributed by atoms with van der Waals surface area (Å²) < 4.78 is 21.9. The molecule has 2 rings (SSSR count). The number of methoxy groups -OCH3 is 2. The molecule has 5 nitrogen and oxygen atoms in total. The molecule has 1 atom stereocenters. The second kappa shape index (κ2) is 9.79. The molecule has 0 radical (unpaired) electrons. The molecule has 2 aromatic carbocycles. The average molecular weight is 345 g/mol. The molecule has 1 N–H and O–H groups in total. The van der Waals surface area contributed by atoms with Crippen molar-refractivity contribution in [2.75, 3.05) is 34.0 Å². The number of nitrogens with one attached hydrogen (secondary N) is 1. The molecule has 0 saturated heterocycles. The van der Waals surface area contributed by atoms with Crippen LogP contribution in [0.5, 0.6) is 23.0 Å². The first-order valence-electron chi connectivity index (χ1n) is 8.49. The summed E-state index contributed by atoms with van der Waals surface area (Å²) in [6.07, 6.45) is 0. The largest absolute Gasteiger partial charge is 0.497 e. The van der Waals surface area contributed by atoms with Gasteiger partial charge in [-0.1, -0.05) is 0 Å². The van der Waals surface area contributed by atoms with Gasteiger partial charge in [0.2, 0.25) is 0 Å². The molecule has 0 aromatic heterocycles. The molecular weight excluding hydrogens is 318 g/mol. The van der Waals surface area contributed by atoms with E-state index in [1.54, 1.807) is 14.2 Å². The predicted octanol–water partition coefficient (Wildman–Crippen LogP) is 3.83. The van der Waals surface area contributed by atoms with Crippen molar-refractivity contribution in [2.24, 2.45) is 0 Å². The summed E-state index contributed by atoms with van der Waals surface area (Å²) in [7, 11) is 3.33. The summed E-state index contributed by atoms with van der Waals surface area (Å²) in [5.41, 5.74) is 1.06. The lowest BCUT2D eigenvalue weighted by Gasteiger charge is -2.18. The second-order valence-electron chi connectivity index (χ2n) is 5.54. The Balaban J connectivity index is 1.83. The van der Waals surface area contributed by atoms with E-state index in [1.807, 2.05) is 49.4 Å². The van der Waals surface area contributed by atoms with Crippen LogP contribution in [0.2, 0.25) is 0 Å². The van der Waals surface area contributed by atoms with Gasteiger partial charge in [0.05, 0.1) is 20.8 Å². The topological polar surface area (TPSA) is 49.0 Å². The van der Waals surface area contributed by atoms with Crippen LogP contribution in [0.15, 0.2) is 42.5 Å². The fraction of sp³-hybridized carbons (Fsp3) is 0.400. The molecule has 2 aromatic rings. The Labute approximate surface area is 149 Å². The first-order valence-corrected chi connectivity index (χ1v) is 8.49. The summed E-state index contributed by atoms with van der Waals surface area (Å²) in [5.74, 6) is 3.34. The van der Waals surface area contributed by atoms with Gasteiger partial charge < -0.3 is 24.3 Å². The third-order valence-corrected chi connectivity index (χ3v) is 3.86. The van der Waals surface area contributed by atoms with E-state index in [0.717, 1.165) is 35.1 Å². The molecular formula is C20H27NO4. The first kappa shape index (κ1) is 18.9. The van der Waals surface area contributed by atoms with Gasteiger partial charge >= 0.3 is 0 Å². The van der Waals surface area contributed by atoms with E-state index < -0.39 is 0 Å². The van der Waals surface area contributed by atoms with Crippen molar-refractivity contribution in [1.29, 1.82) is 0 Å². The van der Waals surface area contributed by atoms with E-state index >= 15 is 0 Å². The molecule has 0 saturated carbocycles. The zero-order valence-electron chi connectivity index (χ0n) is 15.4. The monoisotopic (exact) mass is 345 g/mol. The van der Waals surface area contributed by atoms with Crippen LogP contribution in [0, 0.1) is 0 Å². The number of hydrogen-bond donors (Lipinski definition) is 1. The van der Waals surface area contributed by atoms with Crippen molar-refractivity contribution in [2.45, 2.75) is 19.9 Å². The lowest BCUT2D eigenvalue weighted by molar-refractivity contribution is 0.304. The van der Waals surface area contributed by atoms with Crippen molar-refractivity contribution in [3.63, 3.8) is 0 Å². The van der Waals surface area contributed by atoms with Crippen molar-refractivity contribution >= 4 is 0 Å². The van der Waals surface area contributed by atoms with Crippen molar-refractivity contribution in [1.82, 2.24) is 5.32 Å². The maximum atomic E-state index is 5.75. The van der Waals surface area contributed by atoms with E-state index in [4.69, 9.17) is 18.9 Å². The second-order valence-corrected chi connectivity index (χ2v) is 5.54. The summed E-state index contributed by atoms with van der Waals surface area (Å²) in [5, 5.41) is 3.44.